The van der Waals surface area contributed by atoms with E-state index in [0.717, 1.165) is 33.6 Å². The highest BCUT2D eigenvalue weighted by molar-refractivity contribution is 6.23. The lowest BCUT2D eigenvalue weighted by atomic mass is 10.1. The molecule has 0 aromatic carbocycles. The second-order valence-corrected chi connectivity index (χ2v) is 4.73. The van der Waals surface area contributed by atoms with Crippen molar-refractivity contribution in [2.24, 2.45) is 17.8 Å². The lowest BCUT2D eigenvalue weighted by Gasteiger charge is -2.12. The Morgan fingerprint density at radius 2 is 2.10 bits per heavy atom. The van der Waals surface area contributed by atoms with Gasteiger partial charge in [0.2, 0.25) is 0 Å². The fraction of sp³-hybridized carbons (Fsp3) is 0.333. The molecular weight excluding hydrogens is 252 g/mol. The molecule has 0 fully saturated rings. The van der Waals surface area contributed by atoms with Gasteiger partial charge in [0.05, 0.1) is 30.1 Å². The summed E-state index contributed by atoms with van der Waals surface area (Å²) < 4.78 is 7.27. The standard InChI is InChI=1S/C15H20N4O/c1-9-6-11-7-12(19(4)13(11)8-18-9)14(10(2)17-3)15(16)20-5/h6-8H,16H2,1-5H3. The van der Waals surface area contributed by atoms with Crippen LogP contribution < -0.4 is 5.73 Å². The molecule has 0 aliphatic heterocycles. The molecule has 0 saturated carbocycles. The van der Waals surface area contributed by atoms with Crippen LogP contribution in [0.3, 0.4) is 0 Å². The van der Waals surface area contributed by atoms with Crippen LogP contribution in [0.4, 0.5) is 0 Å². The average molecular weight is 272 g/mol. The van der Waals surface area contributed by atoms with Gasteiger partial charge in [0.25, 0.3) is 0 Å². The van der Waals surface area contributed by atoms with E-state index in [4.69, 9.17) is 10.5 Å². The Kier molecular flexibility index (Phi) is 3.79. The van der Waals surface area contributed by atoms with E-state index < -0.39 is 0 Å². The summed E-state index contributed by atoms with van der Waals surface area (Å²) >= 11 is 0. The molecule has 0 spiro atoms. The third kappa shape index (κ3) is 2.27. The molecule has 0 unspecified atom stereocenters. The molecule has 0 amide bonds. The number of methoxy groups -OCH3 is 1. The Morgan fingerprint density at radius 1 is 1.40 bits per heavy atom. The summed E-state index contributed by atoms with van der Waals surface area (Å²) in [5, 5.41) is 1.13. The van der Waals surface area contributed by atoms with E-state index in [-0.39, 0.29) is 0 Å². The number of pyridine rings is 1. The lowest BCUT2D eigenvalue weighted by molar-refractivity contribution is 0.290. The van der Waals surface area contributed by atoms with Gasteiger partial charge in [-0.15, -0.1) is 0 Å². The van der Waals surface area contributed by atoms with Gasteiger partial charge in [-0.1, -0.05) is 0 Å². The van der Waals surface area contributed by atoms with Gasteiger partial charge in [-0.3, -0.25) is 9.98 Å². The van der Waals surface area contributed by atoms with Crippen molar-refractivity contribution in [2.45, 2.75) is 13.8 Å². The molecule has 0 bridgehead atoms. The van der Waals surface area contributed by atoms with Crippen LogP contribution in [0.15, 0.2) is 29.2 Å². The number of aromatic nitrogens is 2. The quantitative estimate of drug-likeness (QED) is 0.688. The van der Waals surface area contributed by atoms with E-state index in [0.29, 0.717) is 5.88 Å². The Labute approximate surface area is 118 Å². The number of nitrogens with two attached hydrogens (primary N) is 1. The molecule has 0 saturated heterocycles. The maximum Gasteiger partial charge on any atom is 0.195 e. The van der Waals surface area contributed by atoms with E-state index in [1.807, 2.05) is 27.1 Å². The summed E-state index contributed by atoms with van der Waals surface area (Å²) in [6.45, 7) is 3.90. The minimum absolute atomic E-state index is 0.365. The fourth-order valence-corrected chi connectivity index (χ4v) is 2.29. The van der Waals surface area contributed by atoms with Crippen molar-refractivity contribution < 1.29 is 4.74 Å². The highest BCUT2D eigenvalue weighted by Gasteiger charge is 2.17. The Bertz CT molecular complexity index is 710. The van der Waals surface area contributed by atoms with Gasteiger partial charge < -0.3 is 15.0 Å². The number of rotatable bonds is 3. The van der Waals surface area contributed by atoms with Crippen LogP contribution in [0.5, 0.6) is 0 Å². The normalized spacial score (nSPS) is 13.6. The molecule has 0 radical (unpaired) electrons. The first-order chi connectivity index (χ1) is 9.49. The van der Waals surface area contributed by atoms with Crippen LogP contribution in [-0.4, -0.2) is 29.4 Å². The van der Waals surface area contributed by atoms with E-state index in [2.05, 4.69) is 26.7 Å². The van der Waals surface area contributed by atoms with Crippen molar-refractivity contribution in [3.63, 3.8) is 0 Å². The molecule has 5 nitrogen and oxygen atoms in total. The molecule has 2 heterocycles. The van der Waals surface area contributed by atoms with Crippen LogP contribution >= 0.6 is 0 Å². The predicted molar refractivity (Wildman–Crippen MR) is 82.6 cm³/mol. The summed E-state index contributed by atoms with van der Waals surface area (Å²) in [7, 11) is 5.29. The van der Waals surface area contributed by atoms with Crippen molar-refractivity contribution >= 4 is 22.2 Å². The zero-order chi connectivity index (χ0) is 14.9. The topological polar surface area (TPSA) is 65.4 Å². The SMILES string of the molecule is CN=C(C)C(=C(N)OC)c1cc2cc(C)ncc2n1C. The Balaban J connectivity index is 2.76. The molecule has 2 aromatic rings. The van der Waals surface area contributed by atoms with Crippen molar-refractivity contribution in [2.75, 3.05) is 14.2 Å². The third-order valence-corrected chi connectivity index (χ3v) is 3.49. The molecule has 5 heteroatoms. The molecule has 2 rings (SSSR count). The van der Waals surface area contributed by atoms with E-state index in [1.165, 1.54) is 0 Å². The molecule has 0 aliphatic carbocycles. The predicted octanol–water partition coefficient (Wildman–Crippen LogP) is 2.25. The van der Waals surface area contributed by atoms with Crippen molar-refractivity contribution in [3.05, 3.63) is 35.6 Å². The summed E-state index contributed by atoms with van der Waals surface area (Å²) in [6.07, 6.45) is 1.87. The average Bonchev–Trinajstić information content (AvgIpc) is 2.75. The molecule has 20 heavy (non-hydrogen) atoms. The van der Waals surface area contributed by atoms with Crippen LogP contribution in [0.25, 0.3) is 16.5 Å². The van der Waals surface area contributed by atoms with Crippen molar-refractivity contribution in [1.82, 2.24) is 9.55 Å². The first-order valence-electron chi connectivity index (χ1n) is 6.39. The van der Waals surface area contributed by atoms with Gasteiger partial charge in [-0.05, 0) is 26.0 Å². The number of hydrogen-bond donors (Lipinski definition) is 1. The lowest BCUT2D eigenvalue weighted by Crippen LogP contribution is -2.12. The minimum Gasteiger partial charge on any atom is -0.482 e. The fourth-order valence-electron chi connectivity index (χ4n) is 2.29. The monoisotopic (exact) mass is 272 g/mol. The first-order valence-corrected chi connectivity index (χ1v) is 6.39. The van der Waals surface area contributed by atoms with Crippen LogP contribution in [0.1, 0.15) is 18.3 Å². The van der Waals surface area contributed by atoms with Crippen LogP contribution in [-0.2, 0) is 11.8 Å². The zero-order valence-electron chi connectivity index (χ0n) is 12.6. The van der Waals surface area contributed by atoms with Crippen LogP contribution in [0, 0.1) is 6.92 Å². The summed E-state index contributed by atoms with van der Waals surface area (Å²) in [4.78, 5) is 8.57. The molecule has 2 aromatic heterocycles. The number of aryl methyl sites for hydroxylation is 2. The number of fused-ring (bicyclic) bond motifs is 1. The Morgan fingerprint density at radius 3 is 2.70 bits per heavy atom. The van der Waals surface area contributed by atoms with E-state index >= 15 is 0 Å². The van der Waals surface area contributed by atoms with Crippen molar-refractivity contribution in [3.8, 4) is 0 Å². The maximum absolute atomic E-state index is 5.99. The minimum atomic E-state index is 0.365. The largest absolute Gasteiger partial charge is 0.482 e. The molecule has 0 aliphatic rings. The maximum atomic E-state index is 5.99. The number of ether oxygens (including phenoxy) is 1. The molecule has 0 atom stereocenters. The molecule has 106 valence electrons. The van der Waals surface area contributed by atoms with Gasteiger partial charge in [0.15, 0.2) is 5.88 Å². The third-order valence-electron chi connectivity index (χ3n) is 3.49. The number of allylic oxidation sites excluding steroid dienone is 1. The number of aliphatic imine (C=N–C) groups is 1. The van der Waals surface area contributed by atoms with Gasteiger partial charge in [-0.25, -0.2) is 0 Å². The van der Waals surface area contributed by atoms with E-state index in [9.17, 15) is 0 Å². The molecule has 2 N–H and O–H groups in total. The van der Waals surface area contributed by atoms with Gasteiger partial charge in [0, 0.05) is 30.9 Å². The Hall–Kier alpha value is -2.30. The highest BCUT2D eigenvalue weighted by atomic mass is 16.5. The van der Waals surface area contributed by atoms with Gasteiger partial charge in [0.1, 0.15) is 0 Å². The van der Waals surface area contributed by atoms with Crippen molar-refractivity contribution in [1.29, 1.82) is 0 Å². The second kappa shape index (κ2) is 5.36. The first kappa shape index (κ1) is 14.1. The van der Waals surface area contributed by atoms with Gasteiger partial charge >= 0.3 is 0 Å². The summed E-state index contributed by atoms with van der Waals surface area (Å²) in [6, 6.07) is 4.14. The molecular formula is C15H20N4O. The smallest absolute Gasteiger partial charge is 0.195 e. The summed E-state index contributed by atoms with van der Waals surface area (Å²) in [5.74, 6) is 0.365. The van der Waals surface area contributed by atoms with Gasteiger partial charge in [-0.2, -0.15) is 0 Å². The zero-order valence-corrected chi connectivity index (χ0v) is 12.6. The number of nitrogens with zero attached hydrogens (tertiary/aromatic N) is 3. The van der Waals surface area contributed by atoms with Crippen LogP contribution in [0.2, 0.25) is 0 Å². The summed E-state index contributed by atoms with van der Waals surface area (Å²) in [5.41, 5.74) is 10.6. The highest BCUT2D eigenvalue weighted by Crippen LogP contribution is 2.26. The van der Waals surface area contributed by atoms with E-state index in [1.54, 1.807) is 14.2 Å². The second-order valence-electron chi connectivity index (χ2n) is 4.73. The number of hydrogen-bond acceptors (Lipinski definition) is 4.